The molecule has 0 bridgehead atoms. The van der Waals surface area contributed by atoms with Gasteiger partial charge in [0.05, 0.1) is 0 Å². The van der Waals surface area contributed by atoms with E-state index in [9.17, 15) is 4.79 Å². The Labute approximate surface area is 111 Å². The molecule has 2 fully saturated rings. The van der Waals surface area contributed by atoms with Crippen LogP contribution in [0.1, 0.15) is 64.7 Å². The summed E-state index contributed by atoms with van der Waals surface area (Å²) in [5, 5.41) is 3.87. The van der Waals surface area contributed by atoms with Gasteiger partial charge in [-0.3, -0.25) is 4.79 Å². The Bertz CT molecular complexity index is 272. The molecular formula is C15H28N2O. The van der Waals surface area contributed by atoms with Crippen LogP contribution >= 0.6 is 0 Å². The number of nitrogens with two attached hydrogens (primary N) is 1. The topological polar surface area (TPSA) is 55.1 Å². The van der Waals surface area contributed by atoms with Gasteiger partial charge in [0.2, 0.25) is 5.91 Å². The number of hydrogen-bond acceptors (Lipinski definition) is 2. The Kier molecular flexibility index (Phi) is 5.04. The number of hydrogen-bond donors (Lipinski definition) is 2. The Morgan fingerprint density at radius 2 is 1.78 bits per heavy atom. The van der Waals surface area contributed by atoms with Gasteiger partial charge in [-0.05, 0) is 44.4 Å². The summed E-state index contributed by atoms with van der Waals surface area (Å²) in [4.78, 5) is 11.2. The third-order valence-electron chi connectivity index (χ3n) is 5.01. The summed E-state index contributed by atoms with van der Waals surface area (Å²) >= 11 is 0. The highest BCUT2D eigenvalue weighted by Crippen LogP contribution is 2.30. The van der Waals surface area contributed by atoms with Crippen molar-refractivity contribution in [3.8, 4) is 0 Å². The zero-order valence-electron chi connectivity index (χ0n) is 11.7. The minimum Gasteiger partial charge on any atom is -0.369 e. The average molecular weight is 252 g/mol. The second-order valence-electron chi connectivity index (χ2n) is 6.18. The largest absolute Gasteiger partial charge is 0.369 e. The molecule has 0 aromatic carbocycles. The number of primary amides is 1. The molecule has 0 heterocycles. The van der Waals surface area contributed by atoms with E-state index in [4.69, 9.17) is 5.73 Å². The third kappa shape index (κ3) is 3.47. The van der Waals surface area contributed by atoms with Gasteiger partial charge in [0.15, 0.2) is 0 Å². The average Bonchev–Trinajstić information content (AvgIpc) is 2.40. The van der Waals surface area contributed by atoms with Crippen molar-refractivity contribution in [1.82, 2.24) is 5.32 Å². The first-order valence-corrected chi connectivity index (χ1v) is 7.76. The lowest BCUT2D eigenvalue weighted by Crippen LogP contribution is -2.46. The molecule has 2 rings (SSSR count). The summed E-state index contributed by atoms with van der Waals surface area (Å²) in [5.41, 5.74) is 5.38. The van der Waals surface area contributed by atoms with Crippen LogP contribution in [0.2, 0.25) is 0 Å². The molecule has 104 valence electrons. The molecule has 2 aliphatic rings. The highest BCUT2D eigenvalue weighted by molar-refractivity contribution is 5.76. The number of amides is 1. The Morgan fingerprint density at radius 1 is 1.11 bits per heavy atom. The predicted molar refractivity (Wildman–Crippen MR) is 74.1 cm³/mol. The first-order valence-electron chi connectivity index (χ1n) is 7.76. The van der Waals surface area contributed by atoms with Crippen molar-refractivity contribution in [2.24, 2.45) is 17.6 Å². The van der Waals surface area contributed by atoms with E-state index in [1.165, 1.54) is 32.1 Å². The monoisotopic (exact) mass is 252 g/mol. The van der Waals surface area contributed by atoms with Crippen LogP contribution in [0, 0.1) is 11.8 Å². The number of rotatable bonds is 4. The molecule has 0 saturated heterocycles. The SMILES string of the molecule is CCC1CCCCC1NC1CCC(C(N)=O)CC1. The summed E-state index contributed by atoms with van der Waals surface area (Å²) in [6.45, 7) is 2.31. The maximum Gasteiger partial charge on any atom is 0.220 e. The van der Waals surface area contributed by atoms with Crippen LogP contribution in [-0.4, -0.2) is 18.0 Å². The minimum atomic E-state index is -0.0995. The van der Waals surface area contributed by atoms with E-state index in [0.717, 1.165) is 37.6 Å². The maximum absolute atomic E-state index is 11.2. The molecule has 0 aromatic heterocycles. The summed E-state index contributed by atoms with van der Waals surface area (Å²) in [6.07, 6.45) is 11.0. The van der Waals surface area contributed by atoms with Crippen LogP contribution in [0.25, 0.3) is 0 Å². The van der Waals surface area contributed by atoms with Crippen molar-refractivity contribution >= 4 is 5.91 Å². The van der Waals surface area contributed by atoms with E-state index in [0.29, 0.717) is 6.04 Å². The fourth-order valence-corrected chi connectivity index (χ4v) is 3.76. The van der Waals surface area contributed by atoms with Crippen molar-refractivity contribution < 1.29 is 4.79 Å². The Hall–Kier alpha value is -0.570. The molecule has 3 heteroatoms. The predicted octanol–water partition coefficient (Wildman–Crippen LogP) is 2.59. The van der Waals surface area contributed by atoms with Crippen molar-refractivity contribution in [3.05, 3.63) is 0 Å². The summed E-state index contributed by atoms with van der Waals surface area (Å²) in [6, 6.07) is 1.34. The molecule has 1 amide bonds. The van der Waals surface area contributed by atoms with E-state index in [1.54, 1.807) is 0 Å². The van der Waals surface area contributed by atoms with Gasteiger partial charge in [0, 0.05) is 18.0 Å². The van der Waals surface area contributed by atoms with Crippen molar-refractivity contribution in [2.45, 2.75) is 76.8 Å². The lowest BCUT2D eigenvalue weighted by Gasteiger charge is -2.37. The van der Waals surface area contributed by atoms with Crippen LogP contribution in [-0.2, 0) is 4.79 Å². The summed E-state index contributed by atoms with van der Waals surface area (Å²) in [7, 11) is 0. The van der Waals surface area contributed by atoms with E-state index >= 15 is 0 Å². The van der Waals surface area contributed by atoms with Gasteiger partial charge in [-0.1, -0.05) is 26.2 Å². The molecule has 3 nitrogen and oxygen atoms in total. The lowest BCUT2D eigenvalue weighted by atomic mass is 9.80. The highest BCUT2D eigenvalue weighted by Gasteiger charge is 2.29. The smallest absolute Gasteiger partial charge is 0.220 e. The number of nitrogens with one attached hydrogen (secondary N) is 1. The van der Waals surface area contributed by atoms with Crippen LogP contribution in [0.4, 0.5) is 0 Å². The van der Waals surface area contributed by atoms with Crippen molar-refractivity contribution in [2.75, 3.05) is 0 Å². The molecule has 2 saturated carbocycles. The third-order valence-corrected chi connectivity index (χ3v) is 5.01. The molecule has 0 spiro atoms. The van der Waals surface area contributed by atoms with Gasteiger partial charge in [-0.15, -0.1) is 0 Å². The van der Waals surface area contributed by atoms with Crippen LogP contribution in [0.3, 0.4) is 0 Å². The van der Waals surface area contributed by atoms with Crippen LogP contribution in [0.5, 0.6) is 0 Å². The standard InChI is InChI=1S/C15H28N2O/c1-2-11-5-3-4-6-14(11)17-13-9-7-12(8-10-13)15(16)18/h11-14,17H,2-10H2,1H3,(H2,16,18). The molecule has 2 atom stereocenters. The lowest BCUT2D eigenvalue weighted by molar-refractivity contribution is -0.122. The molecule has 3 N–H and O–H groups in total. The minimum absolute atomic E-state index is 0.0995. The Morgan fingerprint density at radius 3 is 2.39 bits per heavy atom. The Balaban J connectivity index is 1.78. The van der Waals surface area contributed by atoms with Gasteiger partial charge in [0.25, 0.3) is 0 Å². The van der Waals surface area contributed by atoms with E-state index in [2.05, 4.69) is 12.2 Å². The molecule has 2 aliphatic carbocycles. The molecule has 2 unspecified atom stereocenters. The number of carbonyl (C=O) groups is 1. The normalized spacial score (nSPS) is 37.4. The summed E-state index contributed by atoms with van der Waals surface area (Å²) < 4.78 is 0. The van der Waals surface area contributed by atoms with Crippen molar-refractivity contribution in [1.29, 1.82) is 0 Å². The molecule has 0 aliphatic heterocycles. The van der Waals surface area contributed by atoms with E-state index < -0.39 is 0 Å². The van der Waals surface area contributed by atoms with E-state index in [-0.39, 0.29) is 11.8 Å². The highest BCUT2D eigenvalue weighted by atomic mass is 16.1. The fourth-order valence-electron chi connectivity index (χ4n) is 3.76. The first kappa shape index (κ1) is 13.9. The van der Waals surface area contributed by atoms with Crippen LogP contribution < -0.4 is 11.1 Å². The van der Waals surface area contributed by atoms with Gasteiger partial charge in [-0.25, -0.2) is 0 Å². The van der Waals surface area contributed by atoms with E-state index in [1.807, 2.05) is 0 Å². The molecule has 0 aromatic rings. The van der Waals surface area contributed by atoms with Gasteiger partial charge in [-0.2, -0.15) is 0 Å². The van der Waals surface area contributed by atoms with Crippen LogP contribution in [0.15, 0.2) is 0 Å². The zero-order chi connectivity index (χ0) is 13.0. The molecule has 18 heavy (non-hydrogen) atoms. The van der Waals surface area contributed by atoms with Gasteiger partial charge < -0.3 is 11.1 Å². The fraction of sp³-hybridized carbons (Fsp3) is 0.933. The zero-order valence-corrected chi connectivity index (χ0v) is 11.7. The van der Waals surface area contributed by atoms with Gasteiger partial charge >= 0.3 is 0 Å². The second kappa shape index (κ2) is 6.55. The number of carbonyl (C=O) groups excluding carboxylic acids is 1. The quantitative estimate of drug-likeness (QED) is 0.808. The maximum atomic E-state index is 11.2. The second-order valence-corrected chi connectivity index (χ2v) is 6.18. The van der Waals surface area contributed by atoms with Crippen molar-refractivity contribution in [3.63, 3.8) is 0 Å². The molecular weight excluding hydrogens is 224 g/mol. The molecule has 0 radical (unpaired) electrons. The first-order chi connectivity index (χ1) is 8.70. The summed E-state index contributed by atoms with van der Waals surface area (Å²) in [5.74, 6) is 0.904. The van der Waals surface area contributed by atoms with Gasteiger partial charge in [0.1, 0.15) is 0 Å².